The van der Waals surface area contributed by atoms with Crippen molar-refractivity contribution in [1.29, 1.82) is 0 Å². The highest BCUT2D eigenvalue weighted by Gasteiger charge is 2.46. The Bertz CT molecular complexity index is 309. The molecule has 2 heterocycles. The molecule has 0 spiro atoms. The Morgan fingerprint density at radius 2 is 2.11 bits per heavy atom. The van der Waals surface area contributed by atoms with Gasteiger partial charge in [0, 0.05) is 25.0 Å². The number of likely N-dealkylation sites (tertiary alicyclic amines) is 1. The summed E-state index contributed by atoms with van der Waals surface area (Å²) >= 11 is 0. The molecule has 2 aliphatic heterocycles. The number of nitrogens with one attached hydrogen (secondary N) is 1. The Morgan fingerprint density at radius 1 is 1.32 bits per heavy atom. The lowest BCUT2D eigenvalue weighted by molar-refractivity contribution is -0.136. The Hall–Kier alpha value is -0.320. The number of fused-ring (bicyclic) bond motifs is 1. The molecule has 1 N–H and O–H groups in total. The Labute approximate surface area is 121 Å². The summed E-state index contributed by atoms with van der Waals surface area (Å²) in [5.41, 5.74) is 0.339. The fourth-order valence-corrected chi connectivity index (χ4v) is 3.90. The van der Waals surface area contributed by atoms with Crippen LogP contribution in [0.4, 0.5) is 0 Å². The summed E-state index contributed by atoms with van der Waals surface area (Å²) in [5.74, 6) is 0.962. The van der Waals surface area contributed by atoms with Crippen molar-refractivity contribution in [2.75, 3.05) is 39.4 Å². The van der Waals surface area contributed by atoms with Gasteiger partial charge < -0.3 is 15.0 Å². The molecule has 3 fully saturated rings. The summed E-state index contributed by atoms with van der Waals surface area (Å²) in [6, 6.07) is 0. The summed E-state index contributed by atoms with van der Waals surface area (Å²) in [6.45, 7) is 5.13. The van der Waals surface area contributed by atoms with Gasteiger partial charge in [-0.1, -0.05) is 6.42 Å². The maximum atomic E-state index is 11.9. The van der Waals surface area contributed by atoms with E-state index in [2.05, 4.69) is 5.32 Å². The molecule has 4 nitrogen and oxygen atoms in total. The number of carbonyl (C=O) groups is 1. The van der Waals surface area contributed by atoms with Crippen LogP contribution in [0.5, 0.6) is 0 Å². The van der Waals surface area contributed by atoms with Crippen molar-refractivity contribution in [1.82, 2.24) is 10.2 Å². The quantitative estimate of drug-likeness (QED) is 0.851. The van der Waals surface area contributed by atoms with Crippen LogP contribution in [-0.2, 0) is 9.53 Å². The van der Waals surface area contributed by atoms with Crippen LogP contribution in [0.2, 0.25) is 0 Å². The molecule has 3 aliphatic rings. The molecular formula is C14H25ClN2O2. The molecule has 110 valence electrons. The molecule has 5 heteroatoms. The fourth-order valence-electron chi connectivity index (χ4n) is 3.90. The molecule has 0 radical (unpaired) electrons. The molecule has 0 aromatic carbocycles. The van der Waals surface area contributed by atoms with Gasteiger partial charge in [0.25, 0.3) is 0 Å². The minimum atomic E-state index is 0. The summed E-state index contributed by atoms with van der Waals surface area (Å²) < 4.78 is 5.77. The second-order valence-corrected chi connectivity index (χ2v) is 6.16. The first-order valence-electron chi connectivity index (χ1n) is 7.36. The second-order valence-electron chi connectivity index (χ2n) is 6.16. The van der Waals surface area contributed by atoms with Crippen LogP contribution in [-0.4, -0.2) is 50.2 Å². The van der Waals surface area contributed by atoms with Crippen LogP contribution in [0.15, 0.2) is 0 Å². The number of halogens is 1. The molecule has 19 heavy (non-hydrogen) atoms. The van der Waals surface area contributed by atoms with Crippen LogP contribution in [0.3, 0.4) is 0 Å². The van der Waals surface area contributed by atoms with Crippen molar-refractivity contribution in [3.05, 3.63) is 0 Å². The van der Waals surface area contributed by atoms with Gasteiger partial charge in [-0.05, 0) is 38.1 Å². The largest absolute Gasteiger partial charge is 0.371 e. The van der Waals surface area contributed by atoms with E-state index in [1.807, 2.05) is 4.90 Å². The molecule has 1 amide bonds. The normalized spacial score (nSPS) is 33.3. The monoisotopic (exact) mass is 288 g/mol. The van der Waals surface area contributed by atoms with Gasteiger partial charge in [-0.2, -0.15) is 0 Å². The van der Waals surface area contributed by atoms with Crippen LogP contribution in [0.1, 0.15) is 32.1 Å². The van der Waals surface area contributed by atoms with Gasteiger partial charge in [-0.25, -0.2) is 0 Å². The van der Waals surface area contributed by atoms with Crippen LogP contribution in [0, 0.1) is 11.3 Å². The Kier molecular flexibility index (Phi) is 5.09. The van der Waals surface area contributed by atoms with Crippen LogP contribution in [0.25, 0.3) is 0 Å². The molecule has 2 atom stereocenters. The molecule has 0 aromatic rings. The van der Waals surface area contributed by atoms with Crippen LogP contribution >= 0.6 is 12.4 Å². The predicted octanol–water partition coefficient (Wildman–Crippen LogP) is 1.44. The summed E-state index contributed by atoms with van der Waals surface area (Å²) in [6.07, 6.45) is 6.23. The first-order chi connectivity index (χ1) is 8.80. The lowest BCUT2D eigenvalue weighted by Gasteiger charge is -2.28. The van der Waals surface area contributed by atoms with Gasteiger partial charge >= 0.3 is 0 Å². The Morgan fingerprint density at radius 3 is 2.89 bits per heavy atom. The highest BCUT2D eigenvalue weighted by molar-refractivity contribution is 5.85. The molecule has 0 unspecified atom stereocenters. The van der Waals surface area contributed by atoms with Crippen molar-refractivity contribution in [3.8, 4) is 0 Å². The van der Waals surface area contributed by atoms with E-state index in [9.17, 15) is 4.79 Å². The van der Waals surface area contributed by atoms with Gasteiger partial charge in [-0.15, -0.1) is 12.4 Å². The van der Waals surface area contributed by atoms with Crippen molar-refractivity contribution in [3.63, 3.8) is 0 Å². The number of nitrogens with zero attached hydrogens (tertiary/aromatic N) is 1. The first-order valence-corrected chi connectivity index (χ1v) is 7.36. The smallest absolute Gasteiger partial charge is 0.248 e. The van der Waals surface area contributed by atoms with Crippen molar-refractivity contribution in [2.45, 2.75) is 32.1 Å². The lowest BCUT2D eigenvalue weighted by Crippen LogP contribution is -2.35. The lowest BCUT2D eigenvalue weighted by atomic mass is 9.82. The van der Waals surface area contributed by atoms with E-state index in [0.29, 0.717) is 5.41 Å². The zero-order valence-electron chi connectivity index (χ0n) is 11.5. The van der Waals surface area contributed by atoms with Crippen molar-refractivity contribution in [2.24, 2.45) is 11.3 Å². The number of hydrogen-bond donors (Lipinski definition) is 1. The predicted molar refractivity (Wildman–Crippen MR) is 76.5 cm³/mol. The SMILES string of the molecule is Cl.O=C(COC[C@@]12CCC[C@@H]1CNC2)N1CCCC1. The molecule has 2 saturated heterocycles. The van der Waals surface area contributed by atoms with Crippen molar-refractivity contribution < 1.29 is 9.53 Å². The van der Waals surface area contributed by atoms with E-state index in [1.165, 1.54) is 19.3 Å². The average Bonchev–Trinajstić information content (AvgIpc) is 3.04. The van der Waals surface area contributed by atoms with E-state index >= 15 is 0 Å². The van der Waals surface area contributed by atoms with Gasteiger partial charge in [0.2, 0.25) is 5.91 Å². The molecule has 3 rings (SSSR count). The average molecular weight is 289 g/mol. The van der Waals surface area contributed by atoms with Gasteiger partial charge in [-0.3, -0.25) is 4.79 Å². The molecule has 0 bridgehead atoms. The van der Waals surface area contributed by atoms with Gasteiger partial charge in [0.1, 0.15) is 6.61 Å². The molecular weight excluding hydrogens is 264 g/mol. The molecule has 1 aliphatic carbocycles. The number of amides is 1. The highest BCUT2D eigenvalue weighted by atomic mass is 35.5. The maximum absolute atomic E-state index is 11.9. The summed E-state index contributed by atoms with van der Waals surface area (Å²) in [5, 5.41) is 3.48. The number of hydrogen-bond acceptors (Lipinski definition) is 3. The molecule has 1 saturated carbocycles. The zero-order chi connectivity index (χ0) is 12.4. The van der Waals surface area contributed by atoms with E-state index in [0.717, 1.165) is 51.5 Å². The third kappa shape index (κ3) is 3.06. The van der Waals surface area contributed by atoms with E-state index in [4.69, 9.17) is 4.74 Å². The minimum Gasteiger partial charge on any atom is -0.371 e. The number of ether oxygens (including phenoxy) is 1. The van der Waals surface area contributed by atoms with Gasteiger partial charge in [0.05, 0.1) is 6.61 Å². The third-order valence-electron chi connectivity index (χ3n) is 5.03. The summed E-state index contributed by atoms with van der Waals surface area (Å²) in [4.78, 5) is 13.8. The highest BCUT2D eigenvalue weighted by Crippen LogP contribution is 2.45. The number of rotatable bonds is 4. The standard InChI is InChI=1S/C14H24N2O2.ClH/c17-13(16-6-1-2-7-16)9-18-11-14-5-3-4-12(14)8-15-10-14;/h12,15H,1-11H2;1H/t12-,14+;/m1./s1. The fraction of sp³-hybridized carbons (Fsp3) is 0.929. The van der Waals surface area contributed by atoms with Crippen LogP contribution < -0.4 is 5.32 Å². The number of carbonyl (C=O) groups excluding carboxylic acids is 1. The van der Waals surface area contributed by atoms with Gasteiger partial charge in [0.15, 0.2) is 0 Å². The maximum Gasteiger partial charge on any atom is 0.248 e. The first kappa shape index (κ1) is 15.1. The third-order valence-corrected chi connectivity index (χ3v) is 5.03. The topological polar surface area (TPSA) is 41.6 Å². The van der Waals surface area contributed by atoms with E-state index in [1.54, 1.807) is 0 Å². The second kappa shape index (κ2) is 6.42. The molecule has 0 aromatic heterocycles. The van der Waals surface area contributed by atoms with E-state index in [-0.39, 0.29) is 24.9 Å². The van der Waals surface area contributed by atoms with Crippen molar-refractivity contribution >= 4 is 18.3 Å². The Balaban J connectivity index is 0.00000133. The minimum absolute atomic E-state index is 0. The summed E-state index contributed by atoms with van der Waals surface area (Å²) in [7, 11) is 0. The zero-order valence-corrected chi connectivity index (χ0v) is 12.3. The van der Waals surface area contributed by atoms with E-state index < -0.39 is 0 Å².